The van der Waals surface area contributed by atoms with Crippen LogP contribution in [0.2, 0.25) is 0 Å². The van der Waals surface area contributed by atoms with E-state index in [1.165, 1.54) is 42.4 Å². The van der Waals surface area contributed by atoms with Crippen molar-refractivity contribution < 1.29 is 0 Å². The molecule has 0 amide bonds. The molecular weight excluding hydrogens is 244 g/mol. The van der Waals surface area contributed by atoms with E-state index in [-0.39, 0.29) is 0 Å². The number of unbranched alkanes of at least 4 members (excludes halogenated alkanes) is 2. The molecule has 2 heteroatoms. The molecule has 20 heavy (non-hydrogen) atoms. The number of nitrogens with two attached hydrogens (primary N) is 1. The summed E-state index contributed by atoms with van der Waals surface area (Å²) in [5.41, 5.74) is 10.2. The van der Waals surface area contributed by atoms with E-state index in [0.717, 1.165) is 13.1 Å². The molecule has 0 spiro atoms. The summed E-state index contributed by atoms with van der Waals surface area (Å²) < 4.78 is 0. The van der Waals surface area contributed by atoms with Crippen LogP contribution < -0.4 is 5.73 Å². The number of aryl methyl sites for hydroxylation is 2. The Hall–Kier alpha value is -0.860. The minimum absolute atomic E-state index is 0.369. The highest BCUT2D eigenvalue weighted by Crippen LogP contribution is 2.24. The lowest BCUT2D eigenvalue weighted by Crippen LogP contribution is -2.35. The lowest BCUT2D eigenvalue weighted by atomic mass is 9.97. The second-order valence-electron chi connectivity index (χ2n) is 5.85. The maximum Gasteiger partial charge on any atom is 0.0473 e. The molecule has 1 aromatic rings. The molecule has 0 aliphatic carbocycles. The maximum absolute atomic E-state index is 6.11. The Morgan fingerprint density at radius 3 is 2.10 bits per heavy atom. The topological polar surface area (TPSA) is 29.3 Å². The first kappa shape index (κ1) is 17.2. The molecule has 1 unspecified atom stereocenters. The van der Waals surface area contributed by atoms with Gasteiger partial charge in [0.05, 0.1) is 0 Å². The summed E-state index contributed by atoms with van der Waals surface area (Å²) in [4.78, 5) is 2.59. The molecule has 0 aliphatic heterocycles. The minimum atomic E-state index is 0.369. The van der Waals surface area contributed by atoms with Gasteiger partial charge in [-0.25, -0.2) is 0 Å². The molecule has 1 aromatic carbocycles. The molecule has 0 fully saturated rings. The van der Waals surface area contributed by atoms with Crippen LogP contribution in [0.5, 0.6) is 0 Å². The number of hydrogen-bond acceptors (Lipinski definition) is 2. The van der Waals surface area contributed by atoms with Gasteiger partial charge in [-0.2, -0.15) is 0 Å². The summed E-state index contributed by atoms with van der Waals surface area (Å²) in [7, 11) is 0. The van der Waals surface area contributed by atoms with Crippen molar-refractivity contribution in [3.05, 3.63) is 34.9 Å². The second kappa shape index (κ2) is 9.15. The van der Waals surface area contributed by atoms with Crippen LogP contribution in [0.1, 0.15) is 62.3 Å². The summed E-state index contributed by atoms with van der Waals surface area (Å²) in [5, 5.41) is 0. The van der Waals surface area contributed by atoms with Gasteiger partial charge < -0.3 is 5.73 Å². The second-order valence-corrected chi connectivity index (χ2v) is 5.85. The van der Waals surface area contributed by atoms with Gasteiger partial charge in [0.2, 0.25) is 0 Å². The third-order valence-electron chi connectivity index (χ3n) is 4.05. The highest BCUT2D eigenvalue weighted by Gasteiger charge is 2.19. The molecule has 1 atom stereocenters. The Bertz CT molecular complexity index is 379. The van der Waals surface area contributed by atoms with Crippen LogP contribution in [-0.4, -0.2) is 24.5 Å². The van der Waals surface area contributed by atoms with E-state index in [0.29, 0.717) is 12.6 Å². The molecule has 2 N–H and O–H groups in total. The quantitative estimate of drug-likeness (QED) is 0.732. The highest BCUT2D eigenvalue weighted by molar-refractivity contribution is 5.33. The fourth-order valence-corrected chi connectivity index (χ4v) is 2.82. The fourth-order valence-electron chi connectivity index (χ4n) is 2.82. The Kier molecular flexibility index (Phi) is 7.86. The fraction of sp³-hybridized carbons (Fsp3) is 0.667. The average molecular weight is 276 g/mol. The SMILES string of the molecule is CCCCN(CCCC)C(CN)c1ccc(C)cc1C. The number of nitrogens with zero attached hydrogens (tertiary/aromatic N) is 1. The van der Waals surface area contributed by atoms with Crippen molar-refractivity contribution >= 4 is 0 Å². The van der Waals surface area contributed by atoms with Crippen LogP contribution >= 0.6 is 0 Å². The van der Waals surface area contributed by atoms with Gasteiger partial charge in [0, 0.05) is 12.6 Å². The summed E-state index contributed by atoms with van der Waals surface area (Å²) in [6.45, 7) is 11.9. The molecule has 0 bridgehead atoms. The van der Waals surface area contributed by atoms with Crippen LogP contribution in [0, 0.1) is 13.8 Å². The lowest BCUT2D eigenvalue weighted by molar-refractivity contribution is 0.195. The van der Waals surface area contributed by atoms with Crippen molar-refractivity contribution in [3.8, 4) is 0 Å². The van der Waals surface area contributed by atoms with Crippen LogP contribution in [0.25, 0.3) is 0 Å². The van der Waals surface area contributed by atoms with Crippen molar-refractivity contribution in [2.24, 2.45) is 5.73 Å². The molecule has 0 saturated carbocycles. The van der Waals surface area contributed by atoms with Gasteiger partial charge >= 0.3 is 0 Å². The average Bonchev–Trinajstić information content (AvgIpc) is 2.43. The summed E-state index contributed by atoms with van der Waals surface area (Å²) in [5.74, 6) is 0. The lowest BCUT2D eigenvalue weighted by Gasteiger charge is -2.32. The normalized spacial score (nSPS) is 12.9. The predicted molar refractivity (Wildman–Crippen MR) is 89.1 cm³/mol. The molecule has 0 saturated heterocycles. The molecule has 0 aliphatic rings. The first-order valence-corrected chi connectivity index (χ1v) is 8.15. The van der Waals surface area contributed by atoms with Gasteiger partial charge in [0.15, 0.2) is 0 Å². The van der Waals surface area contributed by atoms with Crippen LogP contribution in [0.15, 0.2) is 18.2 Å². The van der Waals surface area contributed by atoms with E-state index < -0.39 is 0 Å². The molecule has 0 heterocycles. The van der Waals surface area contributed by atoms with Crippen LogP contribution in [0.3, 0.4) is 0 Å². The maximum atomic E-state index is 6.11. The Morgan fingerprint density at radius 2 is 1.65 bits per heavy atom. The Labute approximate surface area is 125 Å². The third-order valence-corrected chi connectivity index (χ3v) is 4.05. The number of rotatable bonds is 9. The van der Waals surface area contributed by atoms with Crippen LogP contribution in [-0.2, 0) is 0 Å². The van der Waals surface area contributed by atoms with E-state index in [1.807, 2.05) is 0 Å². The van der Waals surface area contributed by atoms with Gasteiger partial charge in [-0.1, -0.05) is 50.5 Å². The zero-order chi connectivity index (χ0) is 15.0. The van der Waals surface area contributed by atoms with Crippen molar-refractivity contribution in [3.63, 3.8) is 0 Å². The largest absolute Gasteiger partial charge is 0.329 e. The Morgan fingerprint density at radius 1 is 1.05 bits per heavy atom. The molecule has 114 valence electrons. The standard InChI is InChI=1S/C18H32N2/c1-5-7-11-20(12-8-6-2)18(14-19)17-10-9-15(3)13-16(17)4/h9-10,13,18H,5-8,11-12,14,19H2,1-4H3. The van der Waals surface area contributed by atoms with Gasteiger partial charge in [0.25, 0.3) is 0 Å². The van der Waals surface area contributed by atoms with E-state index in [4.69, 9.17) is 5.73 Å². The molecule has 0 aromatic heterocycles. The smallest absolute Gasteiger partial charge is 0.0473 e. The highest BCUT2D eigenvalue weighted by atomic mass is 15.2. The first-order chi connectivity index (χ1) is 9.63. The summed E-state index contributed by atoms with van der Waals surface area (Å²) in [6.07, 6.45) is 5.00. The van der Waals surface area contributed by atoms with Crippen molar-refractivity contribution in [1.82, 2.24) is 4.90 Å². The van der Waals surface area contributed by atoms with E-state index in [2.05, 4.69) is 50.8 Å². The van der Waals surface area contributed by atoms with E-state index in [9.17, 15) is 0 Å². The molecular formula is C18H32N2. The van der Waals surface area contributed by atoms with Gasteiger partial charge in [-0.15, -0.1) is 0 Å². The van der Waals surface area contributed by atoms with Gasteiger partial charge in [-0.3, -0.25) is 4.90 Å². The Balaban J connectivity index is 2.92. The van der Waals surface area contributed by atoms with Gasteiger partial charge in [-0.05, 0) is 50.9 Å². The van der Waals surface area contributed by atoms with E-state index in [1.54, 1.807) is 0 Å². The zero-order valence-corrected chi connectivity index (χ0v) is 13.8. The molecule has 1 rings (SSSR count). The first-order valence-electron chi connectivity index (χ1n) is 8.15. The minimum Gasteiger partial charge on any atom is -0.329 e. The van der Waals surface area contributed by atoms with Crippen molar-refractivity contribution in [1.29, 1.82) is 0 Å². The molecule has 0 radical (unpaired) electrons. The summed E-state index contributed by atoms with van der Waals surface area (Å²) in [6, 6.07) is 7.12. The molecule has 2 nitrogen and oxygen atoms in total. The van der Waals surface area contributed by atoms with Gasteiger partial charge in [0.1, 0.15) is 0 Å². The number of hydrogen-bond donors (Lipinski definition) is 1. The zero-order valence-electron chi connectivity index (χ0n) is 13.8. The third kappa shape index (κ3) is 4.92. The monoisotopic (exact) mass is 276 g/mol. The van der Waals surface area contributed by atoms with E-state index >= 15 is 0 Å². The number of benzene rings is 1. The van der Waals surface area contributed by atoms with Crippen molar-refractivity contribution in [2.75, 3.05) is 19.6 Å². The van der Waals surface area contributed by atoms with Crippen molar-refractivity contribution in [2.45, 2.75) is 59.4 Å². The van der Waals surface area contributed by atoms with Crippen LogP contribution in [0.4, 0.5) is 0 Å². The summed E-state index contributed by atoms with van der Waals surface area (Å²) >= 11 is 0. The predicted octanol–water partition coefficient (Wildman–Crippen LogP) is 4.21.